The van der Waals surface area contributed by atoms with E-state index in [0.29, 0.717) is 16.3 Å². The molecule has 5 nitrogen and oxygen atoms in total. The highest BCUT2D eigenvalue weighted by molar-refractivity contribution is 9.10. The van der Waals surface area contributed by atoms with Crippen molar-refractivity contribution >= 4 is 44.1 Å². The number of thiophene rings is 1. The van der Waals surface area contributed by atoms with E-state index in [1.165, 1.54) is 22.5 Å². The average Bonchev–Trinajstić information content (AvgIpc) is 3.18. The summed E-state index contributed by atoms with van der Waals surface area (Å²) in [4.78, 5) is 25.3. The molecule has 0 unspecified atom stereocenters. The number of benzene rings is 2. The fourth-order valence-electron chi connectivity index (χ4n) is 3.16. The monoisotopic (exact) mass is 515 g/mol. The van der Waals surface area contributed by atoms with E-state index in [9.17, 15) is 9.59 Å². The van der Waals surface area contributed by atoms with Gasteiger partial charge in [-0.3, -0.25) is 4.79 Å². The fraction of sp³-hybridized carbons (Fsp3) is 0.280. The molecule has 3 rings (SSSR count). The Morgan fingerprint density at radius 3 is 2.50 bits per heavy atom. The third kappa shape index (κ3) is 5.58. The summed E-state index contributed by atoms with van der Waals surface area (Å²) in [5.74, 6) is -0.225. The normalized spacial score (nSPS) is 10.7. The van der Waals surface area contributed by atoms with Gasteiger partial charge in [-0.2, -0.15) is 0 Å². The van der Waals surface area contributed by atoms with Gasteiger partial charge in [0.2, 0.25) is 0 Å². The molecule has 1 N–H and O–H groups in total. The Kier molecular flexibility index (Phi) is 8.10. The van der Waals surface area contributed by atoms with Gasteiger partial charge in [0.1, 0.15) is 16.3 Å². The van der Waals surface area contributed by atoms with E-state index in [1.807, 2.05) is 55.6 Å². The Morgan fingerprint density at radius 2 is 1.84 bits per heavy atom. The highest BCUT2D eigenvalue weighted by Gasteiger charge is 2.23. The van der Waals surface area contributed by atoms with Gasteiger partial charge in [-0.1, -0.05) is 31.2 Å². The smallest absolute Gasteiger partial charge is 0.341 e. The molecule has 0 fully saturated rings. The highest BCUT2D eigenvalue weighted by atomic mass is 79.9. The topological polar surface area (TPSA) is 64.6 Å². The minimum atomic E-state index is -0.462. The molecule has 168 valence electrons. The van der Waals surface area contributed by atoms with Gasteiger partial charge in [-0.15, -0.1) is 11.3 Å². The van der Waals surface area contributed by atoms with E-state index in [-0.39, 0.29) is 19.1 Å². The van der Waals surface area contributed by atoms with Crippen molar-refractivity contribution < 1.29 is 19.1 Å². The zero-order valence-electron chi connectivity index (χ0n) is 18.6. The fourth-order valence-corrected chi connectivity index (χ4v) is 4.68. The number of rotatable bonds is 8. The molecule has 0 spiro atoms. The Balaban J connectivity index is 1.81. The molecule has 0 saturated heterocycles. The summed E-state index contributed by atoms with van der Waals surface area (Å²) in [7, 11) is 0. The number of esters is 1. The van der Waals surface area contributed by atoms with Crippen molar-refractivity contribution in [3.63, 3.8) is 0 Å². The summed E-state index contributed by atoms with van der Waals surface area (Å²) in [5, 5.41) is 5.13. The first kappa shape index (κ1) is 24.0. The number of aryl methyl sites for hydroxylation is 3. The van der Waals surface area contributed by atoms with Crippen molar-refractivity contribution in [2.24, 2.45) is 0 Å². The zero-order chi connectivity index (χ0) is 23.3. The molecule has 32 heavy (non-hydrogen) atoms. The Labute approximate surface area is 200 Å². The van der Waals surface area contributed by atoms with Gasteiger partial charge in [0, 0.05) is 10.9 Å². The van der Waals surface area contributed by atoms with Crippen LogP contribution in [0.15, 0.2) is 46.3 Å². The van der Waals surface area contributed by atoms with Gasteiger partial charge in [-0.05, 0) is 77.5 Å². The maximum atomic E-state index is 12.7. The molecule has 0 aliphatic rings. The van der Waals surface area contributed by atoms with Crippen LogP contribution in [-0.4, -0.2) is 25.1 Å². The third-order valence-corrected chi connectivity index (χ3v) is 6.62. The van der Waals surface area contributed by atoms with E-state index >= 15 is 0 Å². The number of carbonyl (C=O) groups excluding carboxylic acids is 2. The second-order valence-electron chi connectivity index (χ2n) is 7.33. The highest BCUT2D eigenvalue weighted by Crippen LogP contribution is 2.37. The summed E-state index contributed by atoms with van der Waals surface area (Å²) >= 11 is 4.77. The van der Waals surface area contributed by atoms with Crippen LogP contribution in [0.5, 0.6) is 5.75 Å². The zero-order valence-corrected chi connectivity index (χ0v) is 21.0. The summed E-state index contributed by atoms with van der Waals surface area (Å²) in [6.45, 7) is 7.97. The molecular formula is C25H26BrNO4S. The molecule has 0 radical (unpaired) electrons. The predicted molar refractivity (Wildman–Crippen MR) is 133 cm³/mol. The molecule has 1 aromatic heterocycles. The molecular weight excluding hydrogens is 490 g/mol. The SMILES string of the molecule is CCOC(=O)c1c(-c2ccc(C)c(C)c2)csc1NC(=O)COc1ccc(CC)cc1Br. The van der Waals surface area contributed by atoms with Gasteiger partial charge < -0.3 is 14.8 Å². The summed E-state index contributed by atoms with van der Waals surface area (Å²) < 4.78 is 11.7. The lowest BCUT2D eigenvalue weighted by Crippen LogP contribution is -2.21. The second-order valence-corrected chi connectivity index (χ2v) is 9.06. The number of hydrogen-bond acceptors (Lipinski definition) is 5. The lowest BCUT2D eigenvalue weighted by Gasteiger charge is -2.11. The van der Waals surface area contributed by atoms with Crippen LogP contribution in [0.2, 0.25) is 0 Å². The van der Waals surface area contributed by atoms with Crippen molar-refractivity contribution in [3.05, 3.63) is 68.5 Å². The summed E-state index contributed by atoms with van der Waals surface area (Å²) in [5.41, 5.74) is 5.48. The summed E-state index contributed by atoms with van der Waals surface area (Å²) in [6.07, 6.45) is 0.914. The lowest BCUT2D eigenvalue weighted by molar-refractivity contribution is -0.118. The average molecular weight is 516 g/mol. The Bertz CT molecular complexity index is 1140. The third-order valence-electron chi connectivity index (χ3n) is 5.10. The molecule has 7 heteroatoms. The first-order valence-electron chi connectivity index (χ1n) is 10.4. The molecule has 0 bridgehead atoms. The Hall–Kier alpha value is -2.64. The number of ether oxygens (including phenoxy) is 2. The maximum Gasteiger partial charge on any atom is 0.341 e. The van der Waals surface area contributed by atoms with E-state index in [1.54, 1.807) is 6.92 Å². The second kappa shape index (κ2) is 10.8. The summed E-state index contributed by atoms with van der Waals surface area (Å²) in [6, 6.07) is 11.8. The molecule has 2 aromatic carbocycles. The number of halogens is 1. The van der Waals surface area contributed by atoms with E-state index in [4.69, 9.17) is 9.47 Å². The van der Waals surface area contributed by atoms with Crippen LogP contribution in [-0.2, 0) is 16.0 Å². The van der Waals surface area contributed by atoms with Gasteiger partial charge in [0.25, 0.3) is 5.91 Å². The van der Waals surface area contributed by atoms with Crippen molar-refractivity contribution in [2.75, 3.05) is 18.5 Å². The van der Waals surface area contributed by atoms with Crippen molar-refractivity contribution in [2.45, 2.75) is 34.1 Å². The van der Waals surface area contributed by atoms with Crippen LogP contribution in [0.4, 0.5) is 5.00 Å². The number of amides is 1. The molecule has 0 saturated carbocycles. The standard InChI is InChI=1S/C25H26BrNO4S/c1-5-17-8-10-21(20(26)12-17)31-13-22(28)27-24-23(25(29)30-6-2)19(14-32-24)18-9-7-15(3)16(4)11-18/h7-12,14H,5-6,13H2,1-4H3,(H,27,28). The van der Waals surface area contributed by atoms with Gasteiger partial charge in [-0.25, -0.2) is 4.79 Å². The van der Waals surface area contributed by atoms with Crippen molar-refractivity contribution in [3.8, 4) is 16.9 Å². The number of carbonyl (C=O) groups is 2. The molecule has 0 aliphatic heterocycles. The minimum Gasteiger partial charge on any atom is -0.483 e. The van der Waals surface area contributed by atoms with Crippen molar-refractivity contribution in [1.82, 2.24) is 0 Å². The van der Waals surface area contributed by atoms with Crippen LogP contribution in [0, 0.1) is 13.8 Å². The van der Waals surface area contributed by atoms with E-state index in [0.717, 1.165) is 27.6 Å². The van der Waals surface area contributed by atoms with Crippen LogP contribution in [0.1, 0.15) is 40.9 Å². The Morgan fingerprint density at radius 1 is 1.06 bits per heavy atom. The predicted octanol–water partition coefficient (Wildman–Crippen LogP) is 6.55. The largest absolute Gasteiger partial charge is 0.483 e. The quantitative estimate of drug-likeness (QED) is 0.345. The maximum absolute atomic E-state index is 12.7. The lowest BCUT2D eigenvalue weighted by atomic mass is 9.99. The van der Waals surface area contributed by atoms with Gasteiger partial charge in [0.05, 0.1) is 11.1 Å². The van der Waals surface area contributed by atoms with Gasteiger partial charge in [0.15, 0.2) is 6.61 Å². The molecule has 1 heterocycles. The number of anilines is 1. The van der Waals surface area contributed by atoms with Crippen molar-refractivity contribution in [1.29, 1.82) is 0 Å². The van der Waals surface area contributed by atoms with Crippen LogP contribution in [0.3, 0.4) is 0 Å². The number of nitrogens with one attached hydrogen (secondary N) is 1. The van der Waals surface area contributed by atoms with E-state index < -0.39 is 5.97 Å². The molecule has 3 aromatic rings. The van der Waals surface area contributed by atoms with Crippen LogP contribution >= 0.6 is 27.3 Å². The molecule has 0 aliphatic carbocycles. The first-order chi connectivity index (χ1) is 15.3. The van der Waals surface area contributed by atoms with Crippen LogP contribution < -0.4 is 10.1 Å². The minimum absolute atomic E-state index is 0.177. The molecule has 1 amide bonds. The van der Waals surface area contributed by atoms with Gasteiger partial charge >= 0.3 is 5.97 Å². The number of hydrogen-bond donors (Lipinski definition) is 1. The molecule has 0 atom stereocenters. The van der Waals surface area contributed by atoms with E-state index in [2.05, 4.69) is 28.2 Å². The first-order valence-corrected chi connectivity index (χ1v) is 12.1. The van der Waals surface area contributed by atoms with Crippen LogP contribution in [0.25, 0.3) is 11.1 Å².